The standard InChI is InChI=1S/C9H10BrN/c1-2-3-4-8-7-11-6-5-9(8)10/h3-7H,2H2,1H3. The van der Waals surface area contributed by atoms with Crippen LogP contribution < -0.4 is 0 Å². The number of hydrogen-bond acceptors (Lipinski definition) is 1. The fourth-order valence-electron chi connectivity index (χ4n) is 0.757. The first-order valence-electron chi connectivity index (χ1n) is 3.60. The molecule has 0 N–H and O–H groups in total. The van der Waals surface area contributed by atoms with Gasteiger partial charge in [0.25, 0.3) is 0 Å². The molecule has 58 valence electrons. The maximum absolute atomic E-state index is 4.02. The van der Waals surface area contributed by atoms with Crippen LogP contribution in [0.2, 0.25) is 0 Å². The van der Waals surface area contributed by atoms with Crippen LogP contribution >= 0.6 is 15.9 Å². The zero-order chi connectivity index (χ0) is 8.10. The van der Waals surface area contributed by atoms with Crippen molar-refractivity contribution in [1.29, 1.82) is 0 Å². The van der Waals surface area contributed by atoms with E-state index < -0.39 is 0 Å². The van der Waals surface area contributed by atoms with Gasteiger partial charge in [0, 0.05) is 22.4 Å². The zero-order valence-corrected chi connectivity index (χ0v) is 8.01. The first-order valence-corrected chi connectivity index (χ1v) is 4.40. The van der Waals surface area contributed by atoms with Crippen molar-refractivity contribution in [1.82, 2.24) is 4.98 Å². The van der Waals surface area contributed by atoms with Crippen molar-refractivity contribution < 1.29 is 0 Å². The average Bonchev–Trinajstić information content (AvgIpc) is 2.03. The number of halogens is 1. The van der Waals surface area contributed by atoms with Crippen molar-refractivity contribution in [3.8, 4) is 0 Å². The number of allylic oxidation sites excluding steroid dienone is 1. The minimum absolute atomic E-state index is 1.06. The number of pyridine rings is 1. The van der Waals surface area contributed by atoms with Gasteiger partial charge in [-0.1, -0.05) is 35.0 Å². The highest BCUT2D eigenvalue weighted by atomic mass is 79.9. The molecule has 1 aromatic heterocycles. The molecule has 0 unspecified atom stereocenters. The van der Waals surface area contributed by atoms with Crippen molar-refractivity contribution in [2.45, 2.75) is 13.3 Å². The Balaban J connectivity index is 2.86. The molecule has 0 radical (unpaired) electrons. The van der Waals surface area contributed by atoms with Gasteiger partial charge in [0.15, 0.2) is 0 Å². The van der Waals surface area contributed by atoms with Crippen molar-refractivity contribution in [3.63, 3.8) is 0 Å². The Morgan fingerprint density at radius 1 is 1.64 bits per heavy atom. The lowest BCUT2D eigenvalue weighted by atomic mass is 10.2. The molecule has 0 saturated carbocycles. The predicted octanol–water partition coefficient (Wildman–Crippen LogP) is 3.27. The predicted molar refractivity (Wildman–Crippen MR) is 51.3 cm³/mol. The van der Waals surface area contributed by atoms with Crippen LogP contribution in [0.5, 0.6) is 0 Å². The van der Waals surface area contributed by atoms with E-state index in [0.29, 0.717) is 0 Å². The summed E-state index contributed by atoms with van der Waals surface area (Å²) >= 11 is 3.44. The van der Waals surface area contributed by atoms with E-state index in [0.717, 1.165) is 16.5 Å². The van der Waals surface area contributed by atoms with Gasteiger partial charge in [-0.2, -0.15) is 0 Å². The quantitative estimate of drug-likeness (QED) is 0.733. The van der Waals surface area contributed by atoms with Crippen LogP contribution in [-0.4, -0.2) is 4.98 Å². The molecular formula is C9H10BrN. The SMILES string of the molecule is CCC=Cc1cnccc1Br. The Kier molecular flexibility index (Phi) is 3.30. The number of aromatic nitrogens is 1. The Labute approximate surface area is 75.3 Å². The molecule has 0 bridgehead atoms. The first-order chi connectivity index (χ1) is 5.34. The highest BCUT2D eigenvalue weighted by molar-refractivity contribution is 9.10. The normalized spacial score (nSPS) is 10.7. The molecule has 0 atom stereocenters. The Hall–Kier alpha value is -0.630. The van der Waals surface area contributed by atoms with Gasteiger partial charge in [0.1, 0.15) is 0 Å². The summed E-state index contributed by atoms with van der Waals surface area (Å²) in [5.41, 5.74) is 1.13. The summed E-state index contributed by atoms with van der Waals surface area (Å²) in [5.74, 6) is 0. The lowest BCUT2D eigenvalue weighted by Gasteiger charge is -1.94. The highest BCUT2D eigenvalue weighted by Crippen LogP contribution is 2.15. The van der Waals surface area contributed by atoms with Crippen LogP contribution in [-0.2, 0) is 0 Å². The number of rotatable bonds is 2. The molecule has 0 saturated heterocycles. The summed E-state index contributed by atoms with van der Waals surface area (Å²) in [4.78, 5) is 4.02. The van der Waals surface area contributed by atoms with Crippen LogP contribution in [0.3, 0.4) is 0 Å². The fraction of sp³-hybridized carbons (Fsp3) is 0.222. The maximum Gasteiger partial charge on any atom is 0.0351 e. The van der Waals surface area contributed by atoms with E-state index in [2.05, 4.69) is 40.0 Å². The Morgan fingerprint density at radius 3 is 3.09 bits per heavy atom. The second-order valence-corrected chi connectivity index (χ2v) is 3.06. The van der Waals surface area contributed by atoms with Crippen molar-refractivity contribution in [3.05, 3.63) is 34.6 Å². The smallest absolute Gasteiger partial charge is 0.0351 e. The van der Waals surface area contributed by atoms with Crippen LogP contribution in [0.25, 0.3) is 6.08 Å². The Morgan fingerprint density at radius 2 is 2.45 bits per heavy atom. The molecule has 0 aliphatic rings. The highest BCUT2D eigenvalue weighted by Gasteiger charge is 1.91. The third-order valence-corrected chi connectivity index (χ3v) is 2.05. The lowest BCUT2D eigenvalue weighted by Crippen LogP contribution is -1.76. The summed E-state index contributed by atoms with van der Waals surface area (Å²) in [5, 5.41) is 0. The third-order valence-electron chi connectivity index (χ3n) is 1.33. The molecule has 0 aliphatic heterocycles. The van der Waals surface area contributed by atoms with Gasteiger partial charge in [-0.15, -0.1) is 0 Å². The molecular weight excluding hydrogens is 202 g/mol. The van der Waals surface area contributed by atoms with Crippen molar-refractivity contribution in [2.24, 2.45) is 0 Å². The second kappa shape index (κ2) is 4.29. The maximum atomic E-state index is 4.02. The minimum atomic E-state index is 1.06. The molecule has 11 heavy (non-hydrogen) atoms. The third kappa shape index (κ3) is 2.46. The van der Waals surface area contributed by atoms with E-state index in [1.165, 1.54) is 0 Å². The second-order valence-electron chi connectivity index (χ2n) is 2.21. The van der Waals surface area contributed by atoms with Crippen molar-refractivity contribution >= 4 is 22.0 Å². The van der Waals surface area contributed by atoms with Crippen LogP contribution in [0.15, 0.2) is 29.0 Å². The zero-order valence-electron chi connectivity index (χ0n) is 6.42. The molecule has 0 amide bonds. The molecule has 1 aromatic rings. The van der Waals surface area contributed by atoms with Gasteiger partial charge >= 0.3 is 0 Å². The van der Waals surface area contributed by atoms with E-state index in [4.69, 9.17) is 0 Å². The average molecular weight is 212 g/mol. The Bertz CT molecular complexity index is 255. The number of nitrogens with zero attached hydrogens (tertiary/aromatic N) is 1. The van der Waals surface area contributed by atoms with Gasteiger partial charge in [0.05, 0.1) is 0 Å². The monoisotopic (exact) mass is 211 g/mol. The molecule has 0 aliphatic carbocycles. The van der Waals surface area contributed by atoms with Crippen LogP contribution in [0, 0.1) is 0 Å². The van der Waals surface area contributed by atoms with Crippen LogP contribution in [0.1, 0.15) is 18.9 Å². The van der Waals surface area contributed by atoms with E-state index in [-0.39, 0.29) is 0 Å². The topological polar surface area (TPSA) is 12.9 Å². The molecule has 0 fully saturated rings. The van der Waals surface area contributed by atoms with Crippen LogP contribution in [0.4, 0.5) is 0 Å². The molecule has 0 spiro atoms. The van der Waals surface area contributed by atoms with E-state index in [1.807, 2.05) is 12.3 Å². The van der Waals surface area contributed by atoms with Gasteiger partial charge < -0.3 is 0 Å². The van der Waals surface area contributed by atoms with E-state index in [1.54, 1.807) is 6.20 Å². The van der Waals surface area contributed by atoms with E-state index >= 15 is 0 Å². The summed E-state index contributed by atoms with van der Waals surface area (Å²) in [6.45, 7) is 2.11. The van der Waals surface area contributed by atoms with Gasteiger partial charge in [-0.3, -0.25) is 4.98 Å². The van der Waals surface area contributed by atoms with E-state index in [9.17, 15) is 0 Å². The van der Waals surface area contributed by atoms with Gasteiger partial charge in [0.2, 0.25) is 0 Å². The molecule has 1 nitrogen and oxygen atoms in total. The summed E-state index contributed by atoms with van der Waals surface area (Å²) in [6.07, 6.45) is 8.85. The fourth-order valence-corrected chi connectivity index (χ4v) is 1.11. The largest absolute Gasteiger partial charge is 0.264 e. The first kappa shape index (κ1) is 8.47. The van der Waals surface area contributed by atoms with Crippen molar-refractivity contribution in [2.75, 3.05) is 0 Å². The minimum Gasteiger partial charge on any atom is -0.264 e. The lowest BCUT2D eigenvalue weighted by molar-refractivity contribution is 1.23. The van der Waals surface area contributed by atoms with Gasteiger partial charge in [-0.25, -0.2) is 0 Å². The van der Waals surface area contributed by atoms with Gasteiger partial charge in [-0.05, 0) is 12.5 Å². The molecule has 2 heteroatoms. The summed E-state index contributed by atoms with van der Waals surface area (Å²) in [6, 6.07) is 1.94. The summed E-state index contributed by atoms with van der Waals surface area (Å²) < 4.78 is 1.09. The molecule has 0 aromatic carbocycles. The molecule has 1 heterocycles. The number of hydrogen-bond donors (Lipinski definition) is 0. The molecule has 1 rings (SSSR count). The summed E-state index contributed by atoms with van der Waals surface area (Å²) in [7, 11) is 0.